The summed E-state index contributed by atoms with van der Waals surface area (Å²) in [7, 11) is 0. The number of aromatic nitrogens is 2. The minimum absolute atomic E-state index is 0.102. The van der Waals surface area contributed by atoms with E-state index in [1.165, 1.54) is 31.2 Å². The van der Waals surface area contributed by atoms with Gasteiger partial charge < -0.3 is 15.0 Å². The van der Waals surface area contributed by atoms with Crippen LogP contribution in [0, 0.1) is 12.8 Å². The van der Waals surface area contributed by atoms with Crippen molar-refractivity contribution in [1.82, 2.24) is 20.0 Å². The van der Waals surface area contributed by atoms with E-state index < -0.39 is 0 Å². The number of rotatable bonds is 4. The number of carbonyl (C=O) groups is 1. The molecule has 0 aliphatic heterocycles. The first kappa shape index (κ1) is 13.9. The van der Waals surface area contributed by atoms with Crippen molar-refractivity contribution in [3.8, 4) is 0 Å². The van der Waals surface area contributed by atoms with Crippen molar-refractivity contribution in [3.63, 3.8) is 0 Å². The van der Waals surface area contributed by atoms with E-state index in [4.69, 9.17) is 0 Å². The van der Waals surface area contributed by atoms with Gasteiger partial charge in [-0.05, 0) is 43.4 Å². The molecule has 0 radical (unpaired) electrons. The Morgan fingerprint density at radius 1 is 1.38 bits per heavy atom. The van der Waals surface area contributed by atoms with Gasteiger partial charge in [0.25, 0.3) is 0 Å². The number of fused-ring (bicyclic) bond motifs is 1. The molecule has 21 heavy (non-hydrogen) atoms. The third-order valence-electron chi connectivity index (χ3n) is 4.12. The van der Waals surface area contributed by atoms with Gasteiger partial charge in [0.2, 0.25) is 0 Å². The molecule has 0 spiro atoms. The van der Waals surface area contributed by atoms with Gasteiger partial charge >= 0.3 is 6.03 Å². The van der Waals surface area contributed by atoms with Crippen LogP contribution in [-0.2, 0) is 6.54 Å². The topological polar surface area (TPSA) is 58.4 Å². The second-order valence-electron chi connectivity index (χ2n) is 5.92. The van der Waals surface area contributed by atoms with Crippen LogP contribution in [0.1, 0.15) is 36.9 Å². The molecule has 0 aromatic carbocycles. The average Bonchev–Trinajstić information content (AvgIpc) is 3.11. The number of urea groups is 1. The standard InChI is InChI=1S/C16H22N4O/c1-12-6-7-20-11-14(19-15(20)8-12)10-18-16(21)17-9-13-4-2-3-5-13/h6-8,11,13H,2-5,9-10H2,1H3,(H2,17,18,21). The Balaban J connectivity index is 1.49. The van der Waals surface area contributed by atoms with Crippen LogP contribution >= 0.6 is 0 Å². The maximum Gasteiger partial charge on any atom is 0.315 e. The van der Waals surface area contributed by atoms with Crippen molar-refractivity contribution in [2.75, 3.05) is 6.54 Å². The molecule has 2 amide bonds. The van der Waals surface area contributed by atoms with Crippen LogP contribution in [0.15, 0.2) is 24.5 Å². The van der Waals surface area contributed by atoms with Crippen molar-refractivity contribution in [1.29, 1.82) is 0 Å². The summed E-state index contributed by atoms with van der Waals surface area (Å²) in [6.07, 6.45) is 9.02. The molecule has 0 atom stereocenters. The third-order valence-corrected chi connectivity index (χ3v) is 4.12. The van der Waals surface area contributed by atoms with Gasteiger partial charge in [-0.2, -0.15) is 0 Å². The molecule has 2 aromatic heterocycles. The number of aryl methyl sites for hydroxylation is 1. The molecule has 0 bridgehead atoms. The van der Waals surface area contributed by atoms with Gasteiger partial charge in [0.1, 0.15) is 5.65 Å². The molecular formula is C16H22N4O. The lowest BCUT2D eigenvalue weighted by Gasteiger charge is -2.10. The monoisotopic (exact) mass is 286 g/mol. The van der Waals surface area contributed by atoms with Gasteiger partial charge in [-0.25, -0.2) is 9.78 Å². The van der Waals surface area contributed by atoms with Crippen LogP contribution in [0.2, 0.25) is 0 Å². The van der Waals surface area contributed by atoms with Crippen LogP contribution < -0.4 is 10.6 Å². The van der Waals surface area contributed by atoms with E-state index in [0.29, 0.717) is 12.5 Å². The second kappa shape index (κ2) is 6.16. The first-order valence-corrected chi connectivity index (χ1v) is 7.66. The van der Waals surface area contributed by atoms with Crippen LogP contribution in [0.4, 0.5) is 4.79 Å². The molecule has 112 valence electrons. The fourth-order valence-electron chi connectivity index (χ4n) is 2.91. The van der Waals surface area contributed by atoms with E-state index in [-0.39, 0.29) is 6.03 Å². The minimum Gasteiger partial charge on any atom is -0.338 e. The summed E-state index contributed by atoms with van der Waals surface area (Å²) in [5.74, 6) is 0.661. The molecule has 1 aliphatic carbocycles. The Hall–Kier alpha value is -2.04. The number of nitrogens with one attached hydrogen (secondary N) is 2. The molecule has 5 nitrogen and oxygen atoms in total. The van der Waals surface area contributed by atoms with Crippen molar-refractivity contribution >= 4 is 11.7 Å². The average molecular weight is 286 g/mol. The lowest BCUT2D eigenvalue weighted by molar-refractivity contribution is 0.238. The zero-order valence-corrected chi connectivity index (χ0v) is 12.4. The summed E-state index contributed by atoms with van der Waals surface area (Å²) in [5.41, 5.74) is 2.97. The van der Waals surface area contributed by atoms with Crippen molar-refractivity contribution in [2.24, 2.45) is 5.92 Å². The summed E-state index contributed by atoms with van der Waals surface area (Å²) >= 11 is 0. The predicted molar refractivity (Wildman–Crippen MR) is 82.1 cm³/mol. The van der Waals surface area contributed by atoms with Crippen LogP contribution in [0.25, 0.3) is 5.65 Å². The number of amides is 2. The maximum atomic E-state index is 11.8. The third kappa shape index (κ3) is 3.54. The quantitative estimate of drug-likeness (QED) is 0.907. The Morgan fingerprint density at radius 3 is 3.00 bits per heavy atom. The van der Waals surface area contributed by atoms with E-state index >= 15 is 0 Å². The summed E-state index contributed by atoms with van der Waals surface area (Å²) in [6, 6.07) is 3.97. The van der Waals surface area contributed by atoms with Gasteiger partial charge in [0, 0.05) is 18.9 Å². The lowest BCUT2D eigenvalue weighted by Crippen LogP contribution is -2.37. The molecule has 3 rings (SSSR count). The highest BCUT2D eigenvalue weighted by Crippen LogP contribution is 2.23. The molecule has 0 unspecified atom stereocenters. The van der Waals surface area contributed by atoms with E-state index in [0.717, 1.165) is 17.9 Å². The van der Waals surface area contributed by atoms with E-state index in [9.17, 15) is 4.79 Å². The van der Waals surface area contributed by atoms with Crippen LogP contribution in [0.5, 0.6) is 0 Å². The minimum atomic E-state index is -0.102. The predicted octanol–water partition coefficient (Wildman–Crippen LogP) is 2.63. The van der Waals surface area contributed by atoms with E-state index in [2.05, 4.69) is 15.6 Å². The van der Waals surface area contributed by atoms with Crippen molar-refractivity contribution in [2.45, 2.75) is 39.2 Å². The Morgan fingerprint density at radius 2 is 2.19 bits per heavy atom. The van der Waals surface area contributed by atoms with Gasteiger partial charge in [-0.1, -0.05) is 12.8 Å². The van der Waals surface area contributed by atoms with Crippen molar-refractivity contribution in [3.05, 3.63) is 35.8 Å². The highest BCUT2D eigenvalue weighted by molar-refractivity contribution is 5.73. The maximum absolute atomic E-state index is 11.8. The highest BCUT2D eigenvalue weighted by Gasteiger charge is 2.15. The molecule has 5 heteroatoms. The number of carbonyl (C=O) groups excluding carboxylic acids is 1. The Labute approximate surface area is 124 Å². The zero-order chi connectivity index (χ0) is 14.7. The normalized spacial score (nSPS) is 15.5. The number of pyridine rings is 1. The van der Waals surface area contributed by atoms with E-state index in [1.807, 2.05) is 35.9 Å². The second-order valence-corrected chi connectivity index (χ2v) is 5.92. The summed E-state index contributed by atoms with van der Waals surface area (Å²) in [6.45, 7) is 3.29. The first-order valence-electron chi connectivity index (χ1n) is 7.66. The number of hydrogen-bond acceptors (Lipinski definition) is 2. The lowest BCUT2D eigenvalue weighted by atomic mass is 10.1. The summed E-state index contributed by atoms with van der Waals surface area (Å²) in [4.78, 5) is 16.3. The van der Waals surface area contributed by atoms with Crippen molar-refractivity contribution < 1.29 is 4.79 Å². The molecule has 2 aromatic rings. The smallest absolute Gasteiger partial charge is 0.315 e. The zero-order valence-electron chi connectivity index (χ0n) is 12.4. The fourth-order valence-corrected chi connectivity index (χ4v) is 2.91. The number of nitrogens with zero attached hydrogens (tertiary/aromatic N) is 2. The molecule has 1 fully saturated rings. The molecule has 2 N–H and O–H groups in total. The largest absolute Gasteiger partial charge is 0.338 e. The highest BCUT2D eigenvalue weighted by atomic mass is 16.2. The molecular weight excluding hydrogens is 264 g/mol. The fraction of sp³-hybridized carbons (Fsp3) is 0.500. The van der Waals surface area contributed by atoms with Gasteiger partial charge in [-0.3, -0.25) is 0 Å². The summed E-state index contributed by atoms with van der Waals surface area (Å²) < 4.78 is 1.97. The van der Waals surface area contributed by atoms with Crippen LogP contribution in [0.3, 0.4) is 0 Å². The number of imidazole rings is 1. The van der Waals surface area contributed by atoms with Gasteiger partial charge in [0.15, 0.2) is 0 Å². The molecule has 1 saturated carbocycles. The first-order chi connectivity index (χ1) is 10.2. The molecule has 2 heterocycles. The molecule has 0 saturated heterocycles. The summed E-state index contributed by atoms with van der Waals surface area (Å²) in [5, 5.41) is 5.83. The van der Waals surface area contributed by atoms with E-state index in [1.54, 1.807) is 0 Å². The number of hydrogen-bond donors (Lipinski definition) is 2. The SMILES string of the molecule is Cc1ccn2cc(CNC(=O)NCC3CCCC3)nc2c1. The Bertz CT molecular complexity index is 628. The Kier molecular flexibility index (Phi) is 4.08. The molecule has 1 aliphatic rings. The van der Waals surface area contributed by atoms with Gasteiger partial charge in [-0.15, -0.1) is 0 Å². The van der Waals surface area contributed by atoms with Crippen LogP contribution in [-0.4, -0.2) is 22.0 Å². The van der Waals surface area contributed by atoms with Gasteiger partial charge in [0.05, 0.1) is 12.2 Å².